The van der Waals surface area contributed by atoms with Gasteiger partial charge in [0.1, 0.15) is 24.4 Å². The molecule has 4 aliphatic carbocycles. The summed E-state index contributed by atoms with van der Waals surface area (Å²) in [7, 11) is 0. The number of esters is 4. The number of aliphatic hydroxyl groups excluding tert-OH is 1. The molecule has 0 unspecified atom stereocenters. The second kappa shape index (κ2) is 11.6. The summed E-state index contributed by atoms with van der Waals surface area (Å²) in [4.78, 5) is 53.6. The fraction of sp³-hybridized carbons (Fsp3) is 0.730. The summed E-state index contributed by atoms with van der Waals surface area (Å²) in [5.41, 5.74) is 2.93. The van der Waals surface area contributed by atoms with Gasteiger partial charge in [-0.2, -0.15) is 0 Å². The van der Waals surface area contributed by atoms with Gasteiger partial charge in [-0.1, -0.05) is 51.0 Å². The predicted octanol–water partition coefficient (Wildman–Crippen LogP) is 5.40. The first kappa shape index (κ1) is 33.0. The molecular formula is C37H50O9. The number of fused-ring (bicyclic) bond motifs is 5. The Hall–Kier alpha value is -2.94. The van der Waals surface area contributed by atoms with E-state index in [0.29, 0.717) is 50.5 Å². The summed E-state index contributed by atoms with van der Waals surface area (Å²) in [6.07, 6.45) is 1.93. The molecule has 9 nitrogen and oxygen atoms in total. The molecule has 0 amide bonds. The normalized spacial score (nSPS) is 40.7. The van der Waals surface area contributed by atoms with Crippen molar-refractivity contribution < 1.29 is 43.2 Å². The largest absolute Gasteiger partial charge is 0.461 e. The summed E-state index contributed by atoms with van der Waals surface area (Å²) in [5, 5.41) is 9.65. The van der Waals surface area contributed by atoms with Crippen LogP contribution in [0.25, 0.3) is 0 Å². The molecule has 46 heavy (non-hydrogen) atoms. The van der Waals surface area contributed by atoms with E-state index in [4.69, 9.17) is 18.9 Å². The van der Waals surface area contributed by atoms with Crippen LogP contribution in [0.1, 0.15) is 93.4 Å². The van der Waals surface area contributed by atoms with Gasteiger partial charge in [0.2, 0.25) is 0 Å². The summed E-state index contributed by atoms with van der Waals surface area (Å²) < 4.78 is 25.0. The maximum Gasteiger partial charge on any atom is 0.334 e. The molecule has 1 N–H and O–H groups in total. The van der Waals surface area contributed by atoms with E-state index in [-0.39, 0.29) is 54.3 Å². The summed E-state index contributed by atoms with van der Waals surface area (Å²) in [6.45, 7) is 17.7. The Balaban J connectivity index is 1.52. The average Bonchev–Trinajstić information content (AvgIpc) is 3.58. The smallest absolute Gasteiger partial charge is 0.334 e. The zero-order valence-electron chi connectivity index (χ0n) is 28.4. The first-order valence-electron chi connectivity index (χ1n) is 17.2. The van der Waals surface area contributed by atoms with Crippen molar-refractivity contribution in [1.29, 1.82) is 0 Å². The highest BCUT2D eigenvalue weighted by molar-refractivity contribution is 5.91. The number of rotatable bonds is 8. The molecule has 0 aromatic rings. The van der Waals surface area contributed by atoms with Crippen LogP contribution in [-0.2, 0) is 38.1 Å². The van der Waals surface area contributed by atoms with Crippen LogP contribution in [0.2, 0.25) is 0 Å². The van der Waals surface area contributed by atoms with E-state index in [1.165, 1.54) is 6.92 Å². The van der Waals surface area contributed by atoms with Crippen molar-refractivity contribution in [3.05, 3.63) is 34.4 Å². The maximum atomic E-state index is 14.6. The van der Waals surface area contributed by atoms with Crippen molar-refractivity contribution in [2.75, 3.05) is 6.61 Å². The van der Waals surface area contributed by atoms with Crippen molar-refractivity contribution >= 4 is 23.9 Å². The average molecular weight is 639 g/mol. The Morgan fingerprint density at radius 3 is 2.46 bits per heavy atom. The molecule has 12 atom stereocenters. The molecule has 2 aliphatic heterocycles. The molecule has 0 radical (unpaired) electrons. The van der Waals surface area contributed by atoms with Crippen LogP contribution in [0.5, 0.6) is 0 Å². The van der Waals surface area contributed by atoms with E-state index in [2.05, 4.69) is 20.4 Å². The quantitative estimate of drug-likeness (QED) is 0.161. The van der Waals surface area contributed by atoms with E-state index in [1.54, 1.807) is 0 Å². The van der Waals surface area contributed by atoms with Gasteiger partial charge in [-0.25, -0.2) is 4.79 Å². The lowest BCUT2D eigenvalue weighted by molar-refractivity contribution is -0.160. The Kier molecular flexibility index (Phi) is 8.34. The fourth-order valence-electron chi connectivity index (χ4n) is 10.7. The van der Waals surface area contributed by atoms with E-state index in [0.717, 1.165) is 22.3 Å². The predicted molar refractivity (Wildman–Crippen MR) is 168 cm³/mol. The third-order valence-corrected chi connectivity index (χ3v) is 12.9. The van der Waals surface area contributed by atoms with Gasteiger partial charge in [-0.3, -0.25) is 14.4 Å². The number of carbonyl (C=O) groups is 4. The molecule has 6 rings (SSSR count). The fourth-order valence-corrected chi connectivity index (χ4v) is 10.7. The topological polar surface area (TPSA) is 125 Å². The minimum Gasteiger partial charge on any atom is -0.461 e. The van der Waals surface area contributed by atoms with Crippen molar-refractivity contribution in [3.63, 3.8) is 0 Å². The zero-order valence-corrected chi connectivity index (χ0v) is 28.4. The molecule has 9 heteroatoms. The van der Waals surface area contributed by atoms with Gasteiger partial charge in [0.25, 0.3) is 0 Å². The molecule has 0 aromatic carbocycles. The van der Waals surface area contributed by atoms with Crippen LogP contribution in [-0.4, -0.2) is 60.0 Å². The molecule has 2 spiro atoms. The van der Waals surface area contributed by atoms with E-state index < -0.39 is 46.9 Å². The minimum atomic E-state index is -1.08. The monoisotopic (exact) mass is 638 g/mol. The highest BCUT2D eigenvalue weighted by Crippen LogP contribution is 2.76. The van der Waals surface area contributed by atoms with Crippen LogP contribution in [0.15, 0.2) is 34.4 Å². The molecular weight excluding hydrogens is 588 g/mol. The van der Waals surface area contributed by atoms with Crippen LogP contribution < -0.4 is 0 Å². The van der Waals surface area contributed by atoms with Gasteiger partial charge in [0, 0.05) is 42.8 Å². The van der Waals surface area contributed by atoms with Crippen molar-refractivity contribution in [3.8, 4) is 0 Å². The first-order chi connectivity index (χ1) is 21.7. The Labute approximate surface area is 272 Å². The molecule has 6 aliphatic rings. The maximum absolute atomic E-state index is 14.6. The van der Waals surface area contributed by atoms with Crippen LogP contribution in [0, 0.1) is 46.3 Å². The third-order valence-electron chi connectivity index (χ3n) is 12.9. The lowest BCUT2D eigenvalue weighted by Gasteiger charge is -2.46. The number of hydrogen-bond acceptors (Lipinski definition) is 9. The van der Waals surface area contributed by atoms with Crippen LogP contribution in [0.3, 0.4) is 0 Å². The highest BCUT2D eigenvalue weighted by Gasteiger charge is 2.80. The van der Waals surface area contributed by atoms with Gasteiger partial charge in [0.05, 0.1) is 17.3 Å². The van der Waals surface area contributed by atoms with E-state index in [9.17, 15) is 24.3 Å². The van der Waals surface area contributed by atoms with Gasteiger partial charge in [-0.15, -0.1) is 0 Å². The number of hydrogen-bond donors (Lipinski definition) is 1. The number of ether oxygens (including phenoxy) is 4. The molecule has 4 fully saturated rings. The zero-order chi connectivity index (χ0) is 33.5. The second-order valence-corrected chi connectivity index (χ2v) is 15.2. The summed E-state index contributed by atoms with van der Waals surface area (Å²) in [6, 6.07) is 0. The first-order valence-corrected chi connectivity index (χ1v) is 17.2. The number of aliphatic hydroxyl groups is 1. The summed E-state index contributed by atoms with van der Waals surface area (Å²) in [5.74, 6) is -2.86. The highest BCUT2D eigenvalue weighted by atomic mass is 16.6. The van der Waals surface area contributed by atoms with Crippen LogP contribution >= 0.6 is 0 Å². The van der Waals surface area contributed by atoms with Crippen molar-refractivity contribution in [1.82, 2.24) is 0 Å². The van der Waals surface area contributed by atoms with E-state index >= 15 is 0 Å². The van der Waals surface area contributed by atoms with E-state index in [1.807, 2.05) is 27.7 Å². The molecule has 2 saturated heterocycles. The van der Waals surface area contributed by atoms with Gasteiger partial charge < -0.3 is 24.1 Å². The molecule has 2 saturated carbocycles. The lowest BCUT2D eigenvalue weighted by atomic mass is 9.55. The van der Waals surface area contributed by atoms with Crippen LogP contribution in [0.4, 0.5) is 0 Å². The standard InChI is InChI=1S/C37H50O9/c1-9-17(2)33(40)46-31-28(18(3)11-10-12-38)19(4)13-27-30(31)37(35(42)45-27)16-36-20(5)14-26-24(21(6)34(41)44-26)15-25(36)22(7)29(37)32(36)43-23(8)39/h17-18,20,24,26-27,29-32,38H,6,9-16H2,1-5,7-8H3/t17-,18-,20-,24+,26-,27+,29+,30+,31+,32+,36-,37+/m1/s1. The Morgan fingerprint density at radius 2 is 1.80 bits per heavy atom. The Morgan fingerprint density at radius 1 is 1.09 bits per heavy atom. The molecule has 0 aromatic heterocycles. The third kappa shape index (κ3) is 4.50. The van der Waals surface area contributed by atoms with Crippen molar-refractivity contribution in [2.24, 2.45) is 46.3 Å². The second-order valence-electron chi connectivity index (χ2n) is 15.2. The summed E-state index contributed by atoms with van der Waals surface area (Å²) >= 11 is 0. The van der Waals surface area contributed by atoms with Crippen molar-refractivity contribution in [2.45, 2.75) is 118 Å². The SMILES string of the molecule is C=C1C(=O)O[C@@H]2C[C@@H](C)[C@]34C[C@]5(C(=O)O[C@H]6CC(C)=C([C@H](C)CCCO)[C@H](OC(=O)[C@H](C)CC)[C@H]65)[C@@H](C(C)=C3C[C@@H]12)[C@@H]4OC(C)=O. The lowest BCUT2D eigenvalue weighted by Crippen LogP contribution is -2.51. The van der Waals surface area contributed by atoms with Gasteiger partial charge in [0.15, 0.2) is 0 Å². The molecule has 252 valence electrons. The Bertz CT molecular complexity index is 1420. The van der Waals surface area contributed by atoms with Gasteiger partial charge >= 0.3 is 23.9 Å². The molecule has 2 heterocycles. The number of carbonyl (C=O) groups excluding carboxylic acids is 4. The van der Waals surface area contributed by atoms with Gasteiger partial charge in [-0.05, 0) is 69.8 Å². The molecule has 2 bridgehead atoms. The minimum absolute atomic E-state index is 0.0145.